The van der Waals surface area contributed by atoms with Gasteiger partial charge in [-0.2, -0.15) is 0 Å². The number of benzene rings is 1. The third-order valence-corrected chi connectivity index (χ3v) is 4.05. The van der Waals surface area contributed by atoms with Crippen LogP contribution in [0.25, 0.3) is 0 Å². The fourth-order valence-electron chi connectivity index (χ4n) is 2.93. The first kappa shape index (κ1) is 18.5. The molecule has 1 N–H and O–H groups in total. The number of hydrogen-bond donors (Lipinski definition) is 1. The molecule has 0 saturated carbocycles. The summed E-state index contributed by atoms with van der Waals surface area (Å²) in [4.78, 5) is 14.5. The molecule has 2 aromatic rings. The maximum Gasteiger partial charge on any atom is 0.292 e. The zero-order valence-corrected chi connectivity index (χ0v) is 14.9. The predicted octanol–water partition coefficient (Wildman–Crippen LogP) is 3.08. The quantitative estimate of drug-likeness (QED) is 0.921. The molecule has 24 heavy (non-hydrogen) atoms. The van der Waals surface area contributed by atoms with Crippen molar-refractivity contribution in [3.8, 4) is 0 Å². The Morgan fingerprint density at radius 1 is 1.38 bits per heavy atom. The van der Waals surface area contributed by atoms with Crippen molar-refractivity contribution in [3.63, 3.8) is 0 Å². The average molecular weight is 350 g/mol. The van der Waals surface area contributed by atoms with E-state index < -0.39 is 0 Å². The van der Waals surface area contributed by atoms with Gasteiger partial charge in [-0.25, -0.2) is 0 Å². The predicted molar refractivity (Wildman–Crippen MR) is 95.4 cm³/mol. The van der Waals surface area contributed by atoms with Gasteiger partial charge in [-0.1, -0.05) is 49.3 Å². The van der Waals surface area contributed by atoms with Crippen molar-refractivity contribution >= 4 is 18.3 Å². The summed E-state index contributed by atoms with van der Waals surface area (Å²) >= 11 is 0. The smallest absolute Gasteiger partial charge is 0.292 e. The fraction of sp³-hybridized carbons (Fsp3) is 0.444. The summed E-state index contributed by atoms with van der Waals surface area (Å²) in [5, 5.41) is 7.47. The van der Waals surface area contributed by atoms with E-state index in [0.717, 1.165) is 18.7 Å². The minimum atomic E-state index is -0.0741. The van der Waals surface area contributed by atoms with E-state index in [1.807, 2.05) is 23.1 Å². The van der Waals surface area contributed by atoms with Crippen LogP contribution in [-0.2, 0) is 6.42 Å². The number of aromatic nitrogens is 1. The second-order valence-corrected chi connectivity index (χ2v) is 6.45. The number of nitrogens with one attached hydrogen (secondary N) is 1. The van der Waals surface area contributed by atoms with Crippen LogP contribution in [0.15, 0.2) is 40.9 Å². The van der Waals surface area contributed by atoms with Gasteiger partial charge in [-0.05, 0) is 17.9 Å². The maximum absolute atomic E-state index is 12.6. The summed E-state index contributed by atoms with van der Waals surface area (Å²) in [5.74, 6) is 0.758. The highest BCUT2D eigenvalue weighted by Crippen LogP contribution is 2.19. The summed E-state index contributed by atoms with van der Waals surface area (Å²) in [6.07, 6.45) is 0.824. The number of amides is 1. The van der Waals surface area contributed by atoms with Crippen molar-refractivity contribution in [1.82, 2.24) is 15.4 Å². The van der Waals surface area contributed by atoms with Crippen molar-refractivity contribution in [1.29, 1.82) is 0 Å². The summed E-state index contributed by atoms with van der Waals surface area (Å²) in [6, 6.07) is 12.1. The van der Waals surface area contributed by atoms with Crippen LogP contribution < -0.4 is 5.32 Å². The first-order chi connectivity index (χ1) is 11.1. The third kappa shape index (κ3) is 4.36. The van der Waals surface area contributed by atoms with Gasteiger partial charge in [0.25, 0.3) is 5.91 Å². The molecule has 1 atom stereocenters. The molecule has 3 rings (SSSR count). The lowest BCUT2D eigenvalue weighted by Crippen LogP contribution is -2.48. The fourth-order valence-corrected chi connectivity index (χ4v) is 2.93. The van der Waals surface area contributed by atoms with Gasteiger partial charge in [-0.15, -0.1) is 12.4 Å². The van der Waals surface area contributed by atoms with Gasteiger partial charge >= 0.3 is 0 Å². The number of halogens is 1. The summed E-state index contributed by atoms with van der Waals surface area (Å²) in [7, 11) is 0. The molecule has 1 unspecified atom stereocenters. The Balaban J connectivity index is 0.00000208. The monoisotopic (exact) mass is 349 g/mol. The van der Waals surface area contributed by atoms with E-state index in [2.05, 4.69) is 36.5 Å². The topological polar surface area (TPSA) is 58.4 Å². The van der Waals surface area contributed by atoms with E-state index in [-0.39, 0.29) is 24.4 Å². The van der Waals surface area contributed by atoms with Crippen LogP contribution in [-0.4, -0.2) is 35.6 Å². The minimum Gasteiger partial charge on any atom is -0.351 e. The van der Waals surface area contributed by atoms with E-state index in [9.17, 15) is 4.79 Å². The van der Waals surface area contributed by atoms with Crippen LogP contribution in [0, 0.1) is 5.92 Å². The lowest BCUT2D eigenvalue weighted by Gasteiger charge is -2.33. The molecule has 1 amide bonds. The summed E-state index contributed by atoms with van der Waals surface area (Å²) in [5.41, 5.74) is 2.04. The standard InChI is InChI=1S/C18H23N3O2.ClH/c1-13(2)10-15-11-17(23-20-15)18(22)21-9-8-19-16(12-21)14-6-4-3-5-7-14;/h3-7,11,13,16,19H,8-10,12H2,1-2H3;1H. The molecule has 5 nitrogen and oxygen atoms in total. The van der Waals surface area contributed by atoms with Gasteiger partial charge in [0.1, 0.15) is 0 Å². The first-order valence-corrected chi connectivity index (χ1v) is 8.16. The highest BCUT2D eigenvalue weighted by molar-refractivity contribution is 5.91. The molecule has 1 aromatic heterocycles. The minimum absolute atomic E-state index is 0. The zero-order valence-electron chi connectivity index (χ0n) is 14.1. The van der Waals surface area contributed by atoms with Crippen LogP contribution in [0.3, 0.4) is 0 Å². The van der Waals surface area contributed by atoms with Crippen LogP contribution >= 0.6 is 12.4 Å². The molecule has 0 aliphatic carbocycles. The van der Waals surface area contributed by atoms with Crippen molar-refractivity contribution in [3.05, 3.63) is 53.4 Å². The number of carbonyl (C=O) groups excluding carboxylic acids is 1. The Hall–Kier alpha value is -1.85. The van der Waals surface area contributed by atoms with Crippen molar-refractivity contribution in [2.24, 2.45) is 5.92 Å². The highest BCUT2D eigenvalue weighted by atomic mass is 35.5. The molecule has 2 heterocycles. The summed E-state index contributed by atoms with van der Waals surface area (Å²) in [6.45, 7) is 6.34. The third-order valence-electron chi connectivity index (χ3n) is 4.05. The molecule has 0 radical (unpaired) electrons. The Morgan fingerprint density at radius 2 is 2.12 bits per heavy atom. The average Bonchev–Trinajstić information content (AvgIpc) is 3.03. The molecule has 0 bridgehead atoms. The molecule has 1 aliphatic rings. The number of nitrogens with zero attached hydrogens (tertiary/aromatic N) is 2. The van der Waals surface area contributed by atoms with E-state index in [4.69, 9.17) is 4.52 Å². The van der Waals surface area contributed by atoms with Crippen LogP contribution in [0.5, 0.6) is 0 Å². The number of rotatable bonds is 4. The molecule has 0 spiro atoms. The Morgan fingerprint density at radius 3 is 2.83 bits per heavy atom. The molecule has 1 aliphatic heterocycles. The van der Waals surface area contributed by atoms with Crippen LogP contribution in [0.2, 0.25) is 0 Å². The normalized spacial score (nSPS) is 17.6. The number of hydrogen-bond acceptors (Lipinski definition) is 4. The van der Waals surface area contributed by atoms with E-state index in [0.29, 0.717) is 24.8 Å². The lowest BCUT2D eigenvalue weighted by atomic mass is 10.0. The molecule has 6 heteroatoms. The highest BCUT2D eigenvalue weighted by Gasteiger charge is 2.27. The van der Waals surface area contributed by atoms with Gasteiger partial charge in [0, 0.05) is 31.7 Å². The summed E-state index contributed by atoms with van der Waals surface area (Å²) < 4.78 is 5.26. The van der Waals surface area contributed by atoms with Gasteiger partial charge < -0.3 is 14.7 Å². The van der Waals surface area contributed by atoms with Crippen LogP contribution in [0.4, 0.5) is 0 Å². The lowest BCUT2D eigenvalue weighted by molar-refractivity contribution is 0.0661. The van der Waals surface area contributed by atoms with E-state index in [1.165, 1.54) is 5.56 Å². The molecule has 130 valence electrons. The van der Waals surface area contributed by atoms with Crippen LogP contribution in [0.1, 0.15) is 41.7 Å². The Kier molecular flexibility index (Phi) is 6.40. The van der Waals surface area contributed by atoms with E-state index in [1.54, 1.807) is 6.07 Å². The maximum atomic E-state index is 12.6. The van der Waals surface area contributed by atoms with Gasteiger partial charge in [-0.3, -0.25) is 4.79 Å². The Bertz CT molecular complexity index is 657. The van der Waals surface area contributed by atoms with Crippen molar-refractivity contribution in [2.45, 2.75) is 26.3 Å². The van der Waals surface area contributed by atoms with Crippen molar-refractivity contribution in [2.75, 3.05) is 19.6 Å². The molecule has 1 aromatic carbocycles. The molecule has 1 saturated heterocycles. The SMILES string of the molecule is CC(C)Cc1cc(C(=O)N2CCNC(c3ccccc3)C2)on1.Cl. The Labute approximate surface area is 148 Å². The first-order valence-electron chi connectivity index (χ1n) is 8.16. The molecular weight excluding hydrogens is 326 g/mol. The molecular formula is C18H24ClN3O2. The van der Waals surface area contributed by atoms with Gasteiger partial charge in [0.15, 0.2) is 0 Å². The number of carbonyl (C=O) groups is 1. The van der Waals surface area contributed by atoms with E-state index >= 15 is 0 Å². The largest absolute Gasteiger partial charge is 0.351 e. The second kappa shape index (κ2) is 8.31. The van der Waals surface area contributed by atoms with Crippen molar-refractivity contribution < 1.29 is 9.32 Å². The van der Waals surface area contributed by atoms with Gasteiger partial charge in [0.05, 0.1) is 5.69 Å². The van der Waals surface area contributed by atoms with Gasteiger partial charge in [0.2, 0.25) is 5.76 Å². The zero-order chi connectivity index (χ0) is 16.2. The molecule has 1 fully saturated rings. The second-order valence-electron chi connectivity index (χ2n) is 6.45. The number of piperazine rings is 1.